The maximum absolute atomic E-state index is 4.00. The molecule has 0 N–H and O–H groups in total. The molecule has 12 heavy (non-hydrogen) atoms. The summed E-state index contributed by atoms with van der Waals surface area (Å²) < 4.78 is 0. The van der Waals surface area contributed by atoms with Crippen LogP contribution in [0.5, 0.6) is 0 Å². The Bertz CT molecular complexity index is 93.9. The smallest absolute Gasteiger partial charge is 0.0329 e. The quantitative estimate of drug-likeness (QED) is 0.538. The minimum absolute atomic E-state index is 0.642. The van der Waals surface area contributed by atoms with Gasteiger partial charge in [-0.05, 0) is 18.3 Å². The van der Waals surface area contributed by atoms with E-state index < -0.39 is 0 Å². The van der Waals surface area contributed by atoms with E-state index in [4.69, 9.17) is 0 Å². The summed E-state index contributed by atoms with van der Waals surface area (Å²) in [6.07, 6.45) is 14.8. The van der Waals surface area contributed by atoms with Crippen molar-refractivity contribution in [2.45, 2.75) is 59.8 Å². The van der Waals surface area contributed by atoms with Gasteiger partial charge in [0.25, 0.3) is 0 Å². The molecule has 0 nitrogen and oxygen atoms in total. The van der Waals surface area contributed by atoms with Crippen LogP contribution in [0.15, 0.2) is 0 Å². The molecule has 0 aliphatic heterocycles. The van der Waals surface area contributed by atoms with Crippen LogP contribution in [0.25, 0.3) is 0 Å². The van der Waals surface area contributed by atoms with Crippen LogP contribution in [0.3, 0.4) is 0 Å². The fourth-order valence-corrected chi connectivity index (χ4v) is 1.69. The van der Waals surface area contributed by atoms with Gasteiger partial charge in [0.2, 0.25) is 0 Å². The third kappa shape index (κ3) is 6.28. The van der Waals surface area contributed by atoms with Crippen molar-refractivity contribution in [1.82, 2.24) is 0 Å². The van der Waals surface area contributed by atoms with Crippen LogP contribution >= 0.6 is 0 Å². The summed E-state index contributed by atoms with van der Waals surface area (Å²) in [4.78, 5) is 0. The van der Waals surface area contributed by atoms with Crippen molar-refractivity contribution in [3.63, 3.8) is 0 Å². The van der Waals surface area contributed by atoms with E-state index in [0.29, 0.717) is 5.41 Å². The van der Waals surface area contributed by atoms with Crippen molar-refractivity contribution in [3.8, 4) is 12.8 Å². The van der Waals surface area contributed by atoms with Crippen LogP contribution < -0.4 is 0 Å². The molecule has 72 valence electrons. The van der Waals surface area contributed by atoms with Gasteiger partial charge in [-0.1, -0.05) is 47.0 Å². The highest BCUT2D eigenvalue weighted by Crippen LogP contribution is 2.32. The van der Waals surface area contributed by atoms with Crippen LogP contribution in [0, 0.1) is 18.3 Å². The first-order chi connectivity index (χ1) is 5.68. The van der Waals surface area contributed by atoms with Crippen molar-refractivity contribution >= 4 is 0 Å². The zero-order valence-corrected chi connectivity index (χ0v) is 9.19. The molecule has 0 rings (SSSR count). The molecule has 0 aromatic heterocycles. The molecular formula is C12H24. The molecule has 0 atom stereocenters. The van der Waals surface area contributed by atoms with E-state index in [1.165, 1.54) is 32.1 Å². The summed E-state index contributed by atoms with van der Waals surface area (Å²) >= 11 is 0. The lowest BCUT2D eigenvalue weighted by molar-refractivity contribution is 0.255. The van der Waals surface area contributed by atoms with Crippen LogP contribution in [0.4, 0.5) is 0 Å². The summed E-state index contributed by atoms with van der Waals surface area (Å²) in [6, 6.07) is 0. The number of rotatable bonds is 5. The van der Waals surface area contributed by atoms with Gasteiger partial charge in [-0.3, -0.25) is 0 Å². The Kier molecular flexibility index (Phi) is 10.2. The third-order valence-corrected chi connectivity index (χ3v) is 2.56. The first-order valence-corrected chi connectivity index (χ1v) is 5.02. The van der Waals surface area contributed by atoms with E-state index >= 15 is 0 Å². The maximum Gasteiger partial charge on any atom is -0.0329 e. The van der Waals surface area contributed by atoms with Crippen molar-refractivity contribution in [3.05, 3.63) is 0 Å². The minimum Gasteiger partial charge on any atom is -0.124 e. The van der Waals surface area contributed by atoms with Crippen LogP contribution in [0.1, 0.15) is 59.8 Å². The zero-order valence-electron chi connectivity index (χ0n) is 9.19. The predicted molar refractivity (Wildman–Crippen MR) is 58.1 cm³/mol. The van der Waals surface area contributed by atoms with E-state index in [2.05, 4.69) is 40.5 Å². The van der Waals surface area contributed by atoms with E-state index in [1.807, 2.05) is 0 Å². The van der Waals surface area contributed by atoms with Gasteiger partial charge in [0.15, 0.2) is 0 Å². The summed E-state index contributed by atoms with van der Waals surface area (Å²) in [5.74, 6) is 0. The Balaban J connectivity index is 0. The van der Waals surface area contributed by atoms with Crippen molar-refractivity contribution in [2.24, 2.45) is 5.41 Å². The second-order valence-electron chi connectivity index (χ2n) is 3.66. The molecule has 0 aliphatic carbocycles. The standard InChI is InChI=1S/C10H22.C2H2/c1-5-8-10(4,7-3)9-6-2;1-2/h5-9H2,1-4H3;1-2H. The Labute approximate surface area is 78.8 Å². The van der Waals surface area contributed by atoms with Crippen molar-refractivity contribution in [2.75, 3.05) is 0 Å². The molecular weight excluding hydrogens is 144 g/mol. The number of hydrogen-bond acceptors (Lipinski definition) is 0. The molecule has 0 unspecified atom stereocenters. The topological polar surface area (TPSA) is 0 Å². The van der Waals surface area contributed by atoms with Gasteiger partial charge >= 0.3 is 0 Å². The average Bonchev–Trinajstić information content (AvgIpc) is 2.09. The van der Waals surface area contributed by atoms with E-state index in [0.717, 1.165) is 0 Å². The second kappa shape index (κ2) is 8.65. The van der Waals surface area contributed by atoms with Gasteiger partial charge in [0, 0.05) is 0 Å². The van der Waals surface area contributed by atoms with Crippen molar-refractivity contribution < 1.29 is 0 Å². The SMILES string of the molecule is C#C.CCCC(C)(CC)CCC. The number of hydrogen-bond donors (Lipinski definition) is 0. The highest BCUT2D eigenvalue weighted by atomic mass is 14.2. The van der Waals surface area contributed by atoms with Gasteiger partial charge in [-0.15, -0.1) is 12.8 Å². The number of terminal acetylenes is 1. The first kappa shape index (κ1) is 14.1. The van der Waals surface area contributed by atoms with Gasteiger partial charge < -0.3 is 0 Å². The van der Waals surface area contributed by atoms with Crippen LogP contribution in [-0.4, -0.2) is 0 Å². The largest absolute Gasteiger partial charge is 0.124 e. The van der Waals surface area contributed by atoms with Gasteiger partial charge in [0.1, 0.15) is 0 Å². The molecule has 0 aromatic carbocycles. The lowest BCUT2D eigenvalue weighted by Gasteiger charge is -2.27. The summed E-state index contributed by atoms with van der Waals surface area (Å²) in [7, 11) is 0. The van der Waals surface area contributed by atoms with Crippen LogP contribution in [-0.2, 0) is 0 Å². The Morgan fingerprint density at radius 3 is 1.42 bits per heavy atom. The zero-order chi connectivity index (χ0) is 10.0. The van der Waals surface area contributed by atoms with Gasteiger partial charge in [-0.2, -0.15) is 0 Å². The fourth-order valence-electron chi connectivity index (χ4n) is 1.69. The third-order valence-electron chi connectivity index (χ3n) is 2.56. The van der Waals surface area contributed by atoms with Crippen molar-refractivity contribution in [1.29, 1.82) is 0 Å². The Morgan fingerprint density at radius 1 is 0.917 bits per heavy atom. The lowest BCUT2D eigenvalue weighted by atomic mass is 9.79. The molecule has 0 saturated heterocycles. The van der Waals surface area contributed by atoms with E-state index in [9.17, 15) is 0 Å². The molecule has 0 bridgehead atoms. The fraction of sp³-hybridized carbons (Fsp3) is 0.833. The molecule has 0 amide bonds. The first-order valence-electron chi connectivity index (χ1n) is 5.02. The second-order valence-corrected chi connectivity index (χ2v) is 3.66. The monoisotopic (exact) mass is 168 g/mol. The highest BCUT2D eigenvalue weighted by molar-refractivity contribution is 4.70. The highest BCUT2D eigenvalue weighted by Gasteiger charge is 2.18. The van der Waals surface area contributed by atoms with E-state index in [-0.39, 0.29) is 0 Å². The summed E-state index contributed by atoms with van der Waals surface area (Å²) in [5.41, 5.74) is 0.642. The van der Waals surface area contributed by atoms with E-state index in [1.54, 1.807) is 0 Å². The van der Waals surface area contributed by atoms with Gasteiger partial charge in [-0.25, -0.2) is 0 Å². The normalized spacial score (nSPS) is 10.2. The Morgan fingerprint density at radius 2 is 1.25 bits per heavy atom. The summed E-state index contributed by atoms with van der Waals surface area (Å²) in [5, 5.41) is 0. The predicted octanol–water partition coefficient (Wildman–Crippen LogP) is 4.25. The molecule has 0 fully saturated rings. The Hall–Kier alpha value is -0.440. The molecule has 0 saturated carbocycles. The minimum atomic E-state index is 0.642. The maximum atomic E-state index is 4.00. The lowest BCUT2D eigenvalue weighted by Crippen LogP contribution is -2.13. The summed E-state index contributed by atoms with van der Waals surface area (Å²) in [6.45, 7) is 9.29. The molecule has 0 heterocycles. The molecule has 0 radical (unpaired) electrons. The molecule has 0 aromatic rings. The van der Waals surface area contributed by atoms with Gasteiger partial charge in [0.05, 0.1) is 0 Å². The molecule has 0 aliphatic rings. The van der Waals surface area contributed by atoms with Crippen LogP contribution in [0.2, 0.25) is 0 Å². The molecule has 0 heteroatoms. The molecule has 0 spiro atoms. The average molecular weight is 168 g/mol.